The number of benzene rings is 1. The summed E-state index contributed by atoms with van der Waals surface area (Å²) in [6.07, 6.45) is 9.90. The van der Waals surface area contributed by atoms with Crippen LogP contribution < -0.4 is 4.74 Å². The molecule has 1 aliphatic carbocycles. The monoisotopic (exact) mass is 365 g/mol. The zero-order valence-electron chi connectivity index (χ0n) is 16.1. The van der Waals surface area contributed by atoms with Gasteiger partial charge in [-0.2, -0.15) is 10.2 Å². The minimum atomic E-state index is 0.800. The normalized spacial score (nSPS) is 14.2. The van der Waals surface area contributed by atoms with E-state index in [1.165, 1.54) is 41.8 Å². The molecule has 2 aromatic heterocycles. The highest BCUT2D eigenvalue weighted by Crippen LogP contribution is 2.25. The van der Waals surface area contributed by atoms with E-state index in [9.17, 15) is 0 Å². The number of aromatic nitrogens is 4. The van der Waals surface area contributed by atoms with E-state index in [-0.39, 0.29) is 0 Å². The summed E-state index contributed by atoms with van der Waals surface area (Å²) < 4.78 is 7.34. The number of hydrogen-bond acceptors (Lipinski definition) is 4. The van der Waals surface area contributed by atoms with Gasteiger partial charge >= 0.3 is 0 Å². The summed E-state index contributed by atoms with van der Waals surface area (Å²) in [4.78, 5) is 2.31. The molecule has 0 bridgehead atoms. The summed E-state index contributed by atoms with van der Waals surface area (Å²) in [5.41, 5.74) is 6.24. The molecule has 0 saturated carbocycles. The molecule has 1 aliphatic rings. The van der Waals surface area contributed by atoms with Crippen LogP contribution in [-0.2, 0) is 25.9 Å². The Morgan fingerprint density at radius 1 is 1.19 bits per heavy atom. The van der Waals surface area contributed by atoms with Gasteiger partial charge in [-0.1, -0.05) is 6.42 Å². The zero-order valence-corrected chi connectivity index (χ0v) is 16.1. The zero-order chi connectivity index (χ0) is 18.6. The summed E-state index contributed by atoms with van der Waals surface area (Å²) in [6, 6.07) is 8.08. The lowest BCUT2D eigenvalue weighted by molar-refractivity contribution is 0.312. The van der Waals surface area contributed by atoms with Gasteiger partial charge in [0.15, 0.2) is 0 Å². The van der Waals surface area contributed by atoms with Crippen molar-refractivity contribution < 1.29 is 4.74 Å². The fourth-order valence-corrected chi connectivity index (χ4v) is 3.91. The van der Waals surface area contributed by atoms with Crippen molar-refractivity contribution in [3.8, 4) is 11.4 Å². The first-order valence-corrected chi connectivity index (χ1v) is 9.65. The smallest absolute Gasteiger partial charge is 0.119 e. The third kappa shape index (κ3) is 3.90. The van der Waals surface area contributed by atoms with E-state index in [4.69, 9.17) is 4.74 Å². The number of nitrogens with zero attached hydrogens (tertiary/aromatic N) is 4. The third-order valence-corrected chi connectivity index (χ3v) is 5.29. The lowest BCUT2D eigenvalue weighted by Gasteiger charge is -2.19. The highest BCUT2D eigenvalue weighted by Gasteiger charge is 2.17. The Bertz CT molecular complexity index is 884. The number of rotatable bonds is 6. The van der Waals surface area contributed by atoms with E-state index in [0.29, 0.717) is 0 Å². The topological polar surface area (TPSA) is 59.0 Å². The first kappa shape index (κ1) is 17.8. The van der Waals surface area contributed by atoms with Gasteiger partial charge in [-0.3, -0.25) is 10.00 Å². The standard InChI is InChI=1S/C21H27N5O/c1-25(15-20-18-7-4-3-5-8-19(18)23-24-20)14-16-13-17(27-2)9-10-21(16)26-12-6-11-22-26/h6,9-13H,3-5,7-8,14-15H2,1-2H3,(H,23,24). The van der Waals surface area contributed by atoms with Crippen molar-refractivity contribution in [1.29, 1.82) is 0 Å². The second-order valence-electron chi connectivity index (χ2n) is 7.31. The molecule has 0 spiro atoms. The Hall–Kier alpha value is -2.60. The first-order valence-electron chi connectivity index (χ1n) is 9.65. The molecular weight excluding hydrogens is 338 g/mol. The quantitative estimate of drug-likeness (QED) is 0.679. The summed E-state index contributed by atoms with van der Waals surface area (Å²) >= 11 is 0. The molecular formula is C21H27N5O. The van der Waals surface area contributed by atoms with Crippen molar-refractivity contribution in [3.63, 3.8) is 0 Å². The first-order chi connectivity index (χ1) is 13.2. The average molecular weight is 365 g/mol. The van der Waals surface area contributed by atoms with Crippen LogP contribution in [0.1, 0.15) is 41.8 Å². The van der Waals surface area contributed by atoms with E-state index in [0.717, 1.165) is 37.4 Å². The summed E-state index contributed by atoms with van der Waals surface area (Å²) in [5, 5.41) is 12.3. The molecule has 0 atom stereocenters. The van der Waals surface area contributed by atoms with Crippen LogP contribution in [0, 0.1) is 0 Å². The maximum atomic E-state index is 5.44. The Morgan fingerprint density at radius 3 is 2.89 bits per heavy atom. The minimum absolute atomic E-state index is 0.800. The molecule has 1 N–H and O–H groups in total. The molecule has 142 valence electrons. The van der Waals surface area contributed by atoms with Crippen LogP contribution in [0.15, 0.2) is 36.7 Å². The van der Waals surface area contributed by atoms with Gasteiger partial charge in [-0.05, 0) is 68.1 Å². The number of ether oxygens (including phenoxy) is 1. The van der Waals surface area contributed by atoms with Gasteiger partial charge < -0.3 is 4.74 Å². The van der Waals surface area contributed by atoms with E-state index >= 15 is 0 Å². The number of methoxy groups -OCH3 is 1. The molecule has 6 heteroatoms. The molecule has 0 saturated heterocycles. The molecule has 0 radical (unpaired) electrons. The van der Waals surface area contributed by atoms with Gasteiger partial charge in [0, 0.05) is 31.2 Å². The molecule has 1 aromatic carbocycles. The van der Waals surface area contributed by atoms with Crippen molar-refractivity contribution in [2.75, 3.05) is 14.2 Å². The van der Waals surface area contributed by atoms with Crippen LogP contribution >= 0.6 is 0 Å². The number of fused-ring (bicyclic) bond motifs is 1. The Kier molecular flexibility index (Phi) is 5.25. The molecule has 2 heterocycles. The highest BCUT2D eigenvalue weighted by molar-refractivity contribution is 5.45. The van der Waals surface area contributed by atoms with Gasteiger partial charge in [0.05, 0.1) is 18.5 Å². The Balaban J connectivity index is 1.54. The van der Waals surface area contributed by atoms with Crippen LogP contribution in [0.3, 0.4) is 0 Å². The predicted octanol–water partition coefficient (Wildman–Crippen LogP) is 3.50. The van der Waals surface area contributed by atoms with Gasteiger partial charge in [-0.15, -0.1) is 0 Å². The Labute approximate surface area is 160 Å². The maximum absolute atomic E-state index is 5.44. The average Bonchev–Trinajstić information content (AvgIpc) is 3.27. The van der Waals surface area contributed by atoms with Crippen LogP contribution in [0.25, 0.3) is 5.69 Å². The fourth-order valence-electron chi connectivity index (χ4n) is 3.91. The second kappa shape index (κ2) is 7.96. The van der Waals surface area contributed by atoms with Crippen molar-refractivity contribution in [3.05, 3.63) is 59.2 Å². The van der Waals surface area contributed by atoms with Gasteiger partial charge in [0.2, 0.25) is 0 Å². The van der Waals surface area contributed by atoms with Gasteiger partial charge in [-0.25, -0.2) is 4.68 Å². The molecule has 0 aliphatic heterocycles. The van der Waals surface area contributed by atoms with Crippen molar-refractivity contribution in [1.82, 2.24) is 24.9 Å². The van der Waals surface area contributed by atoms with Crippen LogP contribution in [0.5, 0.6) is 5.75 Å². The van der Waals surface area contributed by atoms with E-state index in [1.807, 2.05) is 23.0 Å². The van der Waals surface area contributed by atoms with Crippen molar-refractivity contribution >= 4 is 0 Å². The minimum Gasteiger partial charge on any atom is -0.497 e. The Morgan fingerprint density at radius 2 is 2.07 bits per heavy atom. The summed E-state index contributed by atoms with van der Waals surface area (Å²) in [6.45, 7) is 1.63. The van der Waals surface area contributed by atoms with Crippen LogP contribution in [-0.4, -0.2) is 39.0 Å². The number of aromatic amines is 1. The van der Waals surface area contributed by atoms with Crippen molar-refractivity contribution in [2.45, 2.75) is 45.2 Å². The molecule has 27 heavy (non-hydrogen) atoms. The largest absolute Gasteiger partial charge is 0.497 e. The van der Waals surface area contributed by atoms with E-state index in [2.05, 4.69) is 39.4 Å². The maximum Gasteiger partial charge on any atom is 0.119 e. The van der Waals surface area contributed by atoms with E-state index in [1.54, 1.807) is 13.3 Å². The molecule has 0 amide bonds. The van der Waals surface area contributed by atoms with Crippen LogP contribution in [0.4, 0.5) is 0 Å². The lowest BCUT2D eigenvalue weighted by Crippen LogP contribution is -2.19. The molecule has 3 aromatic rings. The van der Waals surface area contributed by atoms with Gasteiger partial charge in [0.25, 0.3) is 0 Å². The molecule has 0 fully saturated rings. The molecule has 6 nitrogen and oxygen atoms in total. The summed E-state index contributed by atoms with van der Waals surface area (Å²) in [5.74, 6) is 0.864. The third-order valence-electron chi connectivity index (χ3n) is 5.29. The number of nitrogens with one attached hydrogen (secondary N) is 1. The number of H-pyrrole nitrogens is 1. The number of aryl methyl sites for hydroxylation is 1. The predicted molar refractivity (Wildman–Crippen MR) is 105 cm³/mol. The highest BCUT2D eigenvalue weighted by atomic mass is 16.5. The lowest BCUT2D eigenvalue weighted by atomic mass is 10.1. The van der Waals surface area contributed by atoms with Gasteiger partial charge in [0.1, 0.15) is 5.75 Å². The van der Waals surface area contributed by atoms with E-state index < -0.39 is 0 Å². The number of hydrogen-bond donors (Lipinski definition) is 1. The fraction of sp³-hybridized carbons (Fsp3) is 0.429. The molecule has 4 rings (SSSR count). The van der Waals surface area contributed by atoms with Crippen molar-refractivity contribution in [2.24, 2.45) is 0 Å². The SMILES string of the molecule is COc1ccc(-n2cccn2)c(CN(C)Cc2n[nH]c3c2CCCCC3)c1. The van der Waals surface area contributed by atoms with Crippen LogP contribution in [0.2, 0.25) is 0 Å². The second-order valence-corrected chi connectivity index (χ2v) is 7.31. The molecule has 0 unspecified atom stereocenters. The summed E-state index contributed by atoms with van der Waals surface area (Å²) in [7, 11) is 3.85.